The maximum Gasteiger partial charge on any atom is 0.121 e. The van der Waals surface area contributed by atoms with Crippen LogP contribution in [0.4, 0.5) is 11.4 Å². The van der Waals surface area contributed by atoms with Crippen LogP contribution in [-0.2, 0) is 7.05 Å². The summed E-state index contributed by atoms with van der Waals surface area (Å²) in [6.07, 6.45) is 9.18. The van der Waals surface area contributed by atoms with Gasteiger partial charge in [0.15, 0.2) is 0 Å². The fraction of sp³-hybridized carbons (Fsp3) is 0.346. The molecule has 9 heteroatoms. The Balaban J connectivity index is 0.00000289. The summed E-state index contributed by atoms with van der Waals surface area (Å²) in [4.78, 5) is 14.3. The summed E-state index contributed by atoms with van der Waals surface area (Å²) in [5.74, 6) is 0.781. The van der Waals surface area contributed by atoms with Gasteiger partial charge in [-0.2, -0.15) is 5.10 Å². The lowest BCUT2D eigenvalue weighted by Crippen LogP contribution is -2.26. The first-order valence-electron chi connectivity index (χ1n) is 11.7. The van der Waals surface area contributed by atoms with Crippen LogP contribution in [0.15, 0.2) is 55.0 Å². The highest BCUT2D eigenvalue weighted by Crippen LogP contribution is 2.36. The molecule has 0 N–H and O–H groups in total. The van der Waals surface area contributed by atoms with E-state index >= 15 is 0 Å². The predicted molar refractivity (Wildman–Crippen MR) is 144 cm³/mol. The molecule has 0 atom stereocenters. The molecule has 1 saturated heterocycles. The SMILES string of the molecule is COc1ccc(Cl)c(N(CCCN2CCCC2)c2ccc3ncc(-c4cnn(C)c4)nc3c2)c1.Cl. The van der Waals surface area contributed by atoms with Crippen molar-refractivity contribution in [3.05, 3.63) is 60.0 Å². The van der Waals surface area contributed by atoms with Gasteiger partial charge in [0, 0.05) is 37.1 Å². The molecule has 7 nitrogen and oxygen atoms in total. The number of aryl methyl sites for hydroxylation is 1. The lowest BCUT2D eigenvalue weighted by molar-refractivity contribution is 0.336. The average molecular weight is 513 g/mol. The first-order valence-corrected chi connectivity index (χ1v) is 12.1. The third kappa shape index (κ3) is 5.69. The van der Waals surface area contributed by atoms with Crippen LogP contribution >= 0.6 is 24.0 Å². The summed E-state index contributed by atoms with van der Waals surface area (Å²) in [7, 11) is 3.57. The monoisotopic (exact) mass is 512 g/mol. The molecular weight excluding hydrogens is 483 g/mol. The number of likely N-dealkylation sites (tertiary alicyclic amines) is 1. The zero-order valence-electron chi connectivity index (χ0n) is 20.0. The van der Waals surface area contributed by atoms with E-state index in [2.05, 4.69) is 32.0 Å². The van der Waals surface area contributed by atoms with E-state index in [1.807, 2.05) is 37.5 Å². The molecule has 35 heavy (non-hydrogen) atoms. The van der Waals surface area contributed by atoms with Gasteiger partial charge in [-0.05, 0) is 69.2 Å². The number of hydrogen-bond donors (Lipinski definition) is 0. The van der Waals surface area contributed by atoms with Crippen molar-refractivity contribution in [1.82, 2.24) is 24.6 Å². The van der Waals surface area contributed by atoms with Crippen molar-refractivity contribution < 1.29 is 4.74 Å². The maximum absolute atomic E-state index is 6.68. The number of hydrogen-bond acceptors (Lipinski definition) is 6. The second kappa shape index (κ2) is 11.2. The molecule has 0 amide bonds. The van der Waals surface area contributed by atoms with Gasteiger partial charge in [-0.15, -0.1) is 12.4 Å². The predicted octanol–water partition coefficient (Wildman–Crippen LogP) is 5.74. The Morgan fingerprint density at radius 2 is 1.89 bits per heavy atom. The van der Waals surface area contributed by atoms with Gasteiger partial charge in [-0.25, -0.2) is 4.98 Å². The normalized spacial score (nSPS) is 13.7. The van der Waals surface area contributed by atoms with Gasteiger partial charge in [0.2, 0.25) is 0 Å². The molecule has 0 aliphatic carbocycles. The highest BCUT2D eigenvalue weighted by molar-refractivity contribution is 6.33. The molecule has 2 aromatic carbocycles. The fourth-order valence-electron chi connectivity index (χ4n) is 4.53. The molecule has 1 fully saturated rings. The van der Waals surface area contributed by atoms with Gasteiger partial charge >= 0.3 is 0 Å². The van der Waals surface area contributed by atoms with Gasteiger partial charge in [0.1, 0.15) is 5.75 Å². The molecule has 3 heterocycles. The van der Waals surface area contributed by atoms with E-state index in [0.717, 1.165) is 58.9 Å². The summed E-state index contributed by atoms with van der Waals surface area (Å²) in [6.45, 7) is 4.31. The van der Waals surface area contributed by atoms with E-state index in [1.54, 1.807) is 24.2 Å². The average Bonchev–Trinajstić information content (AvgIpc) is 3.54. The van der Waals surface area contributed by atoms with E-state index in [-0.39, 0.29) is 12.4 Å². The third-order valence-corrected chi connectivity index (χ3v) is 6.66. The molecule has 1 aliphatic rings. The quantitative estimate of drug-likeness (QED) is 0.300. The smallest absolute Gasteiger partial charge is 0.121 e. The molecule has 1 aliphatic heterocycles. The Kier molecular flexibility index (Phi) is 8.11. The second-order valence-corrected chi connectivity index (χ2v) is 9.11. The minimum absolute atomic E-state index is 0. The molecule has 0 unspecified atom stereocenters. The fourth-order valence-corrected chi connectivity index (χ4v) is 4.75. The Morgan fingerprint density at radius 3 is 2.63 bits per heavy atom. The summed E-state index contributed by atoms with van der Waals surface area (Å²) in [5.41, 5.74) is 5.39. The number of rotatable bonds is 8. The molecule has 0 radical (unpaired) electrons. The number of methoxy groups -OCH3 is 1. The molecule has 0 spiro atoms. The number of ether oxygens (including phenoxy) is 1. The maximum atomic E-state index is 6.68. The van der Waals surface area contributed by atoms with Crippen LogP contribution in [0, 0.1) is 0 Å². The summed E-state index contributed by atoms with van der Waals surface area (Å²) < 4.78 is 7.26. The number of nitrogens with zero attached hydrogens (tertiary/aromatic N) is 6. The van der Waals surface area contributed by atoms with Crippen LogP contribution in [0.3, 0.4) is 0 Å². The van der Waals surface area contributed by atoms with Gasteiger partial charge in [0.25, 0.3) is 0 Å². The molecule has 2 aromatic heterocycles. The van der Waals surface area contributed by atoms with Crippen molar-refractivity contribution in [3.8, 4) is 17.0 Å². The Morgan fingerprint density at radius 1 is 1.06 bits per heavy atom. The summed E-state index contributed by atoms with van der Waals surface area (Å²) >= 11 is 6.68. The van der Waals surface area contributed by atoms with E-state index in [0.29, 0.717) is 5.02 Å². The van der Waals surface area contributed by atoms with Crippen LogP contribution in [0.5, 0.6) is 5.75 Å². The minimum Gasteiger partial charge on any atom is -0.497 e. The zero-order valence-corrected chi connectivity index (χ0v) is 21.6. The van der Waals surface area contributed by atoms with Crippen molar-refractivity contribution in [1.29, 1.82) is 0 Å². The molecule has 5 rings (SSSR count). The molecule has 0 bridgehead atoms. The first kappa shape index (κ1) is 25.2. The minimum atomic E-state index is 0. The van der Waals surface area contributed by atoms with E-state index in [1.165, 1.54) is 25.9 Å². The number of fused-ring (bicyclic) bond motifs is 1. The van der Waals surface area contributed by atoms with Crippen molar-refractivity contribution in [2.24, 2.45) is 7.05 Å². The number of benzene rings is 2. The molecule has 0 saturated carbocycles. The van der Waals surface area contributed by atoms with Gasteiger partial charge in [-0.1, -0.05) is 11.6 Å². The zero-order chi connectivity index (χ0) is 23.5. The van der Waals surface area contributed by atoms with Crippen molar-refractivity contribution in [2.45, 2.75) is 19.3 Å². The topological polar surface area (TPSA) is 59.3 Å². The molecule has 4 aromatic rings. The van der Waals surface area contributed by atoms with E-state index < -0.39 is 0 Å². The summed E-state index contributed by atoms with van der Waals surface area (Å²) in [5, 5.41) is 4.95. The van der Waals surface area contributed by atoms with Gasteiger partial charge in [0.05, 0.1) is 46.9 Å². The number of aromatic nitrogens is 4. The lowest BCUT2D eigenvalue weighted by Gasteiger charge is -2.27. The Bertz CT molecular complexity index is 1290. The highest BCUT2D eigenvalue weighted by Gasteiger charge is 2.17. The van der Waals surface area contributed by atoms with Crippen molar-refractivity contribution in [3.63, 3.8) is 0 Å². The van der Waals surface area contributed by atoms with Crippen molar-refractivity contribution >= 4 is 46.4 Å². The molecule has 184 valence electrons. The lowest BCUT2D eigenvalue weighted by atomic mass is 10.2. The standard InChI is InChI=1S/C26H29ClN6O.ClH/c1-31-18-19(16-29-31)25-17-28-23-9-6-20(14-24(23)30-25)33(13-5-12-32-10-3-4-11-32)26-15-21(34-2)7-8-22(26)27;/h6-9,14-18H,3-5,10-13H2,1-2H3;1H. The highest BCUT2D eigenvalue weighted by atomic mass is 35.5. The van der Waals surface area contributed by atoms with Gasteiger partial charge < -0.3 is 14.5 Å². The number of halogens is 2. The largest absolute Gasteiger partial charge is 0.497 e. The van der Waals surface area contributed by atoms with Crippen LogP contribution in [-0.4, -0.2) is 57.9 Å². The first-order chi connectivity index (χ1) is 16.6. The van der Waals surface area contributed by atoms with E-state index in [4.69, 9.17) is 21.3 Å². The number of anilines is 2. The molecular formula is C26H30Cl2N6O. The van der Waals surface area contributed by atoms with Crippen LogP contribution in [0.1, 0.15) is 19.3 Å². The van der Waals surface area contributed by atoms with E-state index in [9.17, 15) is 0 Å². The van der Waals surface area contributed by atoms with Crippen molar-refractivity contribution in [2.75, 3.05) is 38.2 Å². The second-order valence-electron chi connectivity index (χ2n) is 8.70. The Hall–Kier alpha value is -2.87. The third-order valence-electron chi connectivity index (χ3n) is 6.34. The Labute approximate surface area is 217 Å². The summed E-state index contributed by atoms with van der Waals surface area (Å²) in [6, 6.07) is 12.0. The van der Waals surface area contributed by atoms with Gasteiger partial charge in [-0.3, -0.25) is 9.67 Å². The van der Waals surface area contributed by atoms with Crippen LogP contribution in [0.2, 0.25) is 5.02 Å². The van der Waals surface area contributed by atoms with Crippen LogP contribution in [0.25, 0.3) is 22.3 Å². The van der Waals surface area contributed by atoms with Crippen LogP contribution < -0.4 is 9.64 Å².